The third kappa shape index (κ3) is 5.77. The molecule has 2 atom stereocenters. The van der Waals surface area contributed by atoms with Crippen LogP contribution in [0, 0.1) is 0 Å². The van der Waals surface area contributed by atoms with Crippen molar-refractivity contribution < 1.29 is 0 Å². The highest BCUT2D eigenvalue weighted by Crippen LogP contribution is 2.73. The summed E-state index contributed by atoms with van der Waals surface area (Å²) in [4.78, 5) is 0. The number of fused-ring (bicyclic) bond motifs is 2. The molecule has 1 aliphatic heterocycles. The van der Waals surface area contributed by atoms with E-state index in [1.54, 1.807) is 0 Å². The fourth-order valence-corrected chi connectivity index (χ4v) is 11.0. The van der Waals surface area contributed by atoms with Crippen molar-refractivity contribution in [3.8, 4) is 0 Å². The molecule has 1 aliphatic rings. The highest BCUT2D eigenvalue weighted by molar-refractivity contribution is 7.56. The van der Waals surface area contributed by atoms with Gasteiger partial charge < -0.3 is 0 Å². The average Bonchev–Trinajstić information content (AvgIpc) is 3.52. The highest BCUT2D eigenvalue weighted by atomic mass is 31.1. The molecule has 0 radical (unpaired) electrons. The van der Waals surface area contributed by atoms with Crippen LogP contribution >= 0.6 is 8.07 Å². The van der Waals surface area contributed by atoms with Gasteiger partial charge in [-0.05, 0) is 83.3 Å². The van der Waals surface area contributed by atoms with Gasteiger partial charge in [-0.1, -0.05) is 147 Å². The Morgan fingerprint density at radius 1 is 0.558 bits per heavy atom. The topological polar surface area (TPSA) is 3.24 Å². The summed E-state index contributed by atoms with van der Waals surface area (Å²) in [5.74, 6) is 0. The van der Waals surface area contributed by atoms with Crippen molar-refractivity contribution >= 4 is 29.6 Å². The van der Waals surface area contributed by atoms with Gasteiger partial charge in [-0.2, -0.15) is 0 Å². The average molecular weight is 578 g/mol. The van der Waals surface area contributed by atoms with Crippen LogP contribution in [0.15, 0.2) is 146 Å². The lowest BCUT2D eigenvalue weighted by atomic mass is 9.94. The maximum Gasteiger partial charge on any atom is 0.0638 e. The minimum atomic E-state index is -0.539. The second-order valence-corrected chi connectivity index (χ2v) is 14.5. The Hall–Kier alpha value is -3.77. The van der Waals surface area contributed by atoms with Gasteiger partial charge in [-0.25, -0.2) is 0 Å². The molecule has 1 heterocycles. The number of benzene rings is 6. The molecule has 7 rings (SSSR count). The molecule has 0 N–H and O–H groups in total. The highest BCUT2D eigenvalue weighted by Gasteiger charge is 2.44. The van der Waals surface area contributed by atoms with Crippen LogP contribution in [0.1, 0.15) is 72.2 Å². The number of hydrogen-bond donors (Lipinski definition) is 0. The van der Waals surface area contributed by atoms with Crippen molar-refractivity contribution in [3.05, 3.63) is 168 Å². The lowest BCUT2D eigenvalue weighted by molar-refractivity contribution is 0.377. The standard InChI is InChI=1S/C41H40NP/c1-2-3-28-42(43-39(33-16-6-4-7-17-33)26-27-40(43)34-18-8-5-9-19-34)41(37-24-22-31-14-10-12-20-35(31)29-37)38-25-23-32-15-11-13-21-36(32)30-38/h4-25,29-30,39-41H,2-3,26-28H2,1H3/t39-,40-/m0/s1. The molecule has 0 bridgehead atoms. The molecule has 2 heteroatoms. The minimum Gasteiger partial charge on any atom is -0.269 e. The Labute approximate surface area is 258 Å². The Morgan fingerprint density at radius 3 is 1.47 bits per heavy atom. The van der Waals surface area contributed by atoms with E-state index in [4.69, 9.17) is 0 Å². The first-order chi connectivity index (χ1) is 21.3. The Kier molecular flexibility index (Phi) is 8.37. The Balaban J connectivity index is 1.44. The van der Waals surface area contributed by atoms with Crippen LogP contribution in [0.3, 0.4) is 0 Å². The summed E-state index contributed by atoms with van der Waals surface area (Å²) < 4.78 is 2.98. The first-order valence-electron chi connectivity index (χ1n) is 15.9. The van der Waals surface area contributed by atoms with Crippen LogP contribution in [-0.2, 0) is 0 Å². The van der Waals surface area contributed by atoms with Crippen LogP contribution in [-0.4, -0.2) is 11.2 Å². The van der Waals surface area contributed by atoms with E-state index in [9.17, 15) is 0 Å². The van der Waals surface area contributed by atoms with Crippen molar-refractivity contribution in [2.75, 3.05) is 6.54 Å². The van der Waals surface area contributed by atoms with Crippen LogP contribution in [0.5, 0.6) is 0 Å². The third-order valence-corrected chi connectivity index (χ3v) is 12.6. The SMILES string of the molecule is CCCCN(C(c1ccc2ccccc2c1)c1ccc2ccccc2c1)P1[C@H](c2ccccc2)CC[C@H]1c1ccccc1. The zero-order valence-electron chi connectivity index (χ0n) is 25.0. The summed E-state index contributed by atoms with van der Waals surface area (Å²) in [7, 11) is -0.539. The summed E-state index contributed by atoms with van der Waals surface area (Å²) >= 11 is 0. The van der Waals surface area contributed by atoms with E-state index in [0.29, 0.717) is 11.3 Å². The molecule has 1 fully saturated rings. The maximum atomic E-state index is 2.98. The van der Waals surface area contributed by atoms with Crippen LogP contribution in [0.2, 0.25) is 0 Å². The first-order valence-corrected chi connectivity index (χ1v) is 17.4. The molecular weight excluding hydrogens is 537 g/mol. The third-order valence-electron chi connectivity index (χ3n) is 9.23. The van der Waals surface area contributed by atoms with Crippen molar-refractivity contribution in [3.63, 3.8) is 0 Å². The number of rotatable bonds is 9. The fourth-order valence-electron chi connectivity index (χ4n) is 7.14. The van der Waals surface area contributed by atoms with Gasteiger partial charge in [0.05, 0.1) is 6.04 Å². The molecule has 0 aromatic heterocycles. The molecular formula is C41H40NP. The Morgan fingerprint density at radius 2 is 1.00 bits per heavy atom. The number of unbranched alkanes of at least 4 members (excludes halogenated alkanes) is 1. The van der Waals surface area contributed by atoms with Crippen molar-refractivity contribution in [2.45, 2.75) is 50.0 Å². The molecule has 1 saturated heterocycles. The van der Waals surface area contributed by atoms with Gasteiger partial charge >= 0.3 is 0 Å². The van der Waals surface area contributed by atoms with E-state index in [0.717, 1.165) is 6.54 Å². The van der Waals surface area contributed by atoms with Crippen LogP contribution in [0.25, 0.3) is 21.5 Å². The van der Waals surface area contributed by atoms with E-state index in [1.165, 1.54) is 69.5 Å². The fraction of sp³-hybridized carbons (Fsp3) is 0.220. The van der Waals surface area contributed by atoms with Gasteiger partial charge in [0, 0.05) is 17.9 Å². The lowest BCUT2D eigenvalue weighted by Gasteiger charge is -2.43. The van der Waals surface area contributed by atoms with Gasteiger partial charge in [0.25, 0.3) is 0 Å². The minimum absolute atomic E-state index is 0.183. The summed E-state index contributed by atoms with van der Waals surface area (Å²) in [6, 6.07) is 55.0. The molecule has 6 aromatic rings. The van der Waals surface area contributed by atoms with Gasteiger partial charge in [0.15, 0.2) is 0 Å². The van der Waals surface area contributed by atoms with E-state index in [2.05, 4.69) is 157 Å². The van der Waals surface area contributed by atoms with Gasteiger partial charge in [0.2, 0.25) is 0 Å². The molecule has 0 aliphatic carbocycles. The van der Waals surface area contributed by atoms with E-state index in [-0.39, 0.29) is 6.04 Å². The molecule has 214 valence electrons. The second kappa shape index (κ2) is 12.8. The largest absolute Gasteiger partial charge is 0.269 e. The van der Waals surface area contributed by atoms with Crippen molar-refractivity contribution in [1.29, 1.82) is 0 Å². The second-order valence-electron chi connectivity index (χ2n) is 11.9. The van der Waals surface area contributed by atoms with Gasteiger partial charge in [0.1, 0.15) is 0 Å². The lowest BCUT2D eigenvalue weighted by Crippen LogP contribution is -2.28. The molecule has 0 spiro atoms. The van der Waals surface area contributed by atoms with Gasteiger partial charge in [-0.3, -0.25) is 4.67 Å². The molecule has 0 saturated carbocycles. The van der Waals surface area contributed by atoms with E-state index < -0.39 is 8.07 Å². The van der Waals surface area contributed by atoms with E-state index >= 15 is 0 Å². The first kappa shape index (κ1) is 28.0. The normalized spacial score (nSPS) is 17.4. The summed E-state index contributed by atoms with van der Waals surface area (Å²) in [6.07, 6.45) is 4.85. The maximum absolute atomic E-state index is 2.98. The van der Waals surface area contributed by atoms with Crippen molar-refractivity contribution in [2.24, 2.45) is 0 Å². The number of hydrogen-bond acceptors (Lipinski definition) is 1. The molecule has 0 amide bonds. The Bertz CT molecular complexity index is 1670. The van der Waals surface area contributed by atoms with Crippen LogP contribution < -0.4 is 0 Å². The van der Waals surface area contributed by atoms with Crippen molar-refractivity contribution in [1.82, 2.24) is 4.67 Å². The summed E-state index contributed by atoms with van der Waals surface area (Å²) in [5.41, 5.74) is 6.90. The summed E-state index contributed by atoms with van der Waals surface area (Å²) in [6.45, 7) is 3.43. The van der Waals surface area contributed by atoms with Crippen LogP contribution in [0.4, 0.5) is 0 Å². The predicted molar refractivity (Wildman–Crippen MR) is 186 cm³/mol. The zero-order valence-corrected chi connectivity index (χ0v) is 25.9. The zero-order chi connectivity index (χ0) is 29.0. The smallest absolute Gasteiger partial charge is 0.0638 e. The number of nitrogens with zero attached hydrogens (tertiary/aromatic N) is 1. The summed E-state index contributed by atoms with van der Waals surface area (Å²) in [5, 5.41) is 5.25. The quantitative estimate of drug-likeness (QED) is 0.155. The van der Waals surface area contributed by atoms with E-state index in [1.807, 2.05) is 0 Å². The predicted octanol–water partition coefficient (Wildman–Crippen LogP) is 11.9. The molecule has 1 nitrogen and oxygen atoms in total. The molecule has 43 heavy (non-hydrogen) atoms. The molecule has 0 unspecified atom stereocenters. The van der Waals surface area contributed by atoms with Gasteiger partial charge in [-0.15, -0.1) is 0 Å². The molecule has 6 aromatic carbocycles. The monoisotopic (exact) mass is 577 g/mol.